The van der Waals surface area contributed by atoms with E-state index in [9.17, 15) is 0 Å². The molecule has 0 aliphatic rings. The standard InChI is InChI=1S/C28H46N2/c1-2-3-4-5-6-7-8-9-10-11-12-13-14-15-16-19-23-29-24-22-26-25-30-28-21-18-17-20-27(26)28/h9-10,17-18,20-21,25,29-30H,2-8,11-16,19,22-24H2,1H3/b10-9-. The molecule has 2 aromatic rings. The summed E-state index contributed by atoms with van der Waals surface area (Å²) in [5.74, 6) is 0. The van der Waals surface area contributed by atoms with Gasteiger partial charge in [0.25, 0.3) is 0 Å². The van der Waals surface area contributed by atoms with Gasteiger partial charge in [-0.3, -0.25) is 0 Å². The summed E-state index contributed by atoms with van der Waals surface area (Å²) < 4.78 is 0. The molecule has 1 heterocycles. The first kappa shape index (κ1) is 24.7. The Morgan fingerprint density at radius 1 is 0.733 bits per heavy atom. The van der Waals surface area contributed by atoms with Crippen molar-refractivity contribution in [3.8, 4) is 0 Å². The molecule has 1 aromatic heterocycles. The van der Waals surface area contributed by atoms with Gasteiger partial charge in [-0.2, -0.15) is 0 Å². The van der Waals surface area contributed by atoms with Crippen LogP contribution in [0.15, 0.2) is 42.6 Å². The number of H-pyrrole nitrogens is 1. The Balaban J connectivity index is 1.31. The second kappa shape index (κ2) is 17.2. The predicted molar refractivity (Wildman–Crippen MR) is 134 cm³/mol. The minimum atomic E-state index is 1.08. The van der Waals surface area contributed by atoms with Crippen LogP contribution in [-0.2, 0) is 6.42 Å². The quantitative estimate of drug-likeness (QED) is 0.177. The summed E-state index contributed by atoms with van der Waals surface area (Å²) >= 11 is 0. The van der Waals surface area contributed by atoms with Gasteiger partial charge < -0.3 is 10.3 Å². The SMILES string of the molecule is CCCCCCCC/C=C\CCCCCCCCNCCc1c[nH]c2ccccc12. The van der Waals surface area contributed by atoms with Gasteiger partial charge in [0.1, 0.15) is 0 Å². The van der Waals surface area contributed by atoms with E-state index in [4.69, 9.17) is 0 Å². The van der Waals surface area contributed by atoms with Crippen molar-refractivity contribution in [2.45, 2.75) is 103 Å². The summed E-state index contributed by atoms with van der Waals surface area (Å²) in [4.78, 5) is 3.37. The van der Waals surface area contributed by atoms with Gasteiger partial charge in [-0.05, 0) is 63.2 Å². The Kier molecular flexibility index (Phi) is 14.2. The van der Waals surface area contributed by atoms with Crippen LogP contribution in [0.25, 0.3) is 10.9 Å². The molecule has 0 radical (unpaired) electrons. The van der Waals surface area contributed by atoms with Crippen molar-refractivity contribution >= 4 is 10.9 Å². The molecule has 0 aliphatic carbocycles. The predicted octanol–water partition coefficient (Wildman–Crippen LogP) is 8.34. The lowest BCUT2D eigenvalue weighted by Gasteiger charge is -2.05. The number of fused-ring (bicyclic) bond motifs is 1. The molecule has 2 nitrogen and oxygen atoms in total. The Hall–Kier alpha value is -1.54. The third-order valence-corrected chi connectivity index (χ3v) is 6.11. The molecule has 0 atom stereocenters. The number of benzene rings is 1. The first-order valence-electron chi connectivity index (χ1n) is 12.8. The van der Waals surface area contributed by atoms with Crippen molar-refractivity contribution in [1.82, 2.24) is 10.3 Å². The molecule has 0 amide bonds. The molecule has 0 saturated heterocycles. The monoisotopic (exact) mass is 410 g/mol. The van der Waals surface area contributed by atoms with E-state index >= 15 is 0 Å². The van der Waals surface area contributed by atoms with E-state index in [1.807, 2.05) is 0 Å². The smallest absolute Gasteiger partial charge is 0.0456 e. The molecular weight excluding hydrogens is 364 g/mol. The molecule has 0 aliphatic heterocycles. The molecule has 0 saturated carbocycles. The summed E-state index contributed by atoms with van der Waals surface area (Å²) in [6.45, 7) is 4.52. The van der Waals surface area contributed by atoms with E-state index in [0.29, 0.717) is 0 Å². The lowest BCUT2D eigenvalue weighted by atomic mass is 10.1. The van der Waals surface area contributed by atoms with Gasteiger partial charge in [0.2, 0.25) is 0 Å². The second-order valence-corrected chi connectivity index (χ2v) is 8.80. The number of rotatable bonds is 19. The van der Waals surface area contributed by atoms with E-state index in [1.165, 1.54) is 106 Å². The highest BCUT2D eigenvalue weighted by Gasteiger charge is 2.01. The molecule has 0 spiro atoms. The Morgan fingerprint density at radius 3 is 2.10 bits per heavy atom. The fraction of sp³-hybridized carbons (Fsp3) is 0.643. The van der Waals surface area contributed by atoms with Crippen molar-refractivity contribution in [1.29, 1.82) is 0 Å². The summed E-state index contributed by atoms with van der Waals surface area (Å²) in [5, 5.41) is 4.99. The van der Waals surface area contributed by atoms with Crippen LogP contribution in [-0.4, -0.2) is 18.1 Å². The number of hydrogen-bond acceptors (Lipinski definition) is 1. The highest BCUT2D eigenvalue weighted by Crippen LogP contribution is 2.17. The van der Waals surface area contributed by atoms with Gasteiger partial charge >= 0.3 is 0 Å². The number of aromatic nitrogens is 1. The van der Waals surface area contributed by atoms with Gasteiger partial charge in [-0.1, -0.05) is 95.1 Å². The minimum Gasteiger partial charge on any atom is -0.361 e. The second-order valence-electron chi connectivity index (χ2n) is 8.80. The summed E-state index contributed by atoms with van der Waals surface area (Å²) in [6, 6.07) is 8.58. The summed E-state index contributed by atoms with van der Waals surface area (Å²) in [5.41, 5.74) is 2.68. The van der Waals surface area contributed by atoms with Crippen LogP contribution >= 0.6 is 0 Å². The maximum atomic E-state index is 3.61. The van der Waals surface area contributed by atoms with Crippen molar-refractivity contribution in [2.75, 3.05) is 13.1 Å². The Morgan fingerprint density at radius 2 is 1.37 bits per heavy atom. The van der Waals surface area contributed by atoms with Crippen LogP contribution in [0.2, 0.25) is 0 Å². The summed E-state index contributed by atoms with van der Waals surface area (Å²) in [6.07, 6.45) is 27.4. The Bertz CT molecular complexity index is 670. The Labute approximate surface area is 185 Å². The molecule has 0 fully saturated rings. The van der Waals surface area contributed by atoms with Crippen LogP contribution in [0.3, 0.4) is 0 Å². The van der Waals surface area contributed by atoms with Crippen LogP contribution in [0, 0.1) is 0 Å². The third kappa shape index (κ3) is 11.0. The highest BCUT2D eigenvalue weighted by molar-refractivity contribution is 5.83. The van der Waals surface area contributed by atoms with Crippen molar-refractivity contribution < 1.29 is 0 Å². The van der Waals surface area contributed by atoms with Crippen LogP contribution in [0.5, 0.6) is 0 Å². The first-order valence-corrected chi connectivity index (χ1v) is 12.8. The average molecular weight is 411 g/mol. The molecule has 0 unspecified atom stereocenters. The van der Waals surface area contributed by atoms with Gasteiger partial charge in [0.15, 0.2) is 0 Å². The molecule has 1 aromatic carbocycles. The fourth-order valence-electron chi connectivity index (χ4n) is 4.18. The van der Waals surface area contributed by atoms with Gasteiger partial charge in [0, 0.05) is 17.1 Å². The lowest BCUT2D eigenvalue weighted by Crippen LogP contribution is -2.18. The summed E-state index contributed by atoms with van der Waals surface area (Å²) in [7, 11) is 0. The van der Waals surface area contributed by atoms with E-state index in [2.05, 4.69) is 59.8 Å². The number of para-hydroxylation sites is 1. The molecular formula is C28H46N2. The van der Waals surface area contributed by atoms with E-state index in [-0.39, 0.29) is 0 Å². The lowest BCUT2D eigenvalue weighted by molar-refractivity contribution is 0.567. The number of hydrogen-bond donors (Lipinski definition) is 2. The van der Waals surface area contributed by atoms with Crippen LogP contribution < -0.4 is 5.32 Å². The zero-order valence-electron chi connectivity index (χ0n) is 19.6. The molecule has 168 valence electrons. The van der Waals surface area contributed by atoms with Gasteiger partial charge in [-0.25, -0.2) is 0 Å². The molecule has 0 bridgehead atoms. The van der Waals surface area contributed by atoms with Gasteiger partial charge in [0.05, 0.1) is 0 Å². The third-order valence-electron chi connectivity index (χ3n) is 6.11. The maximum Gasteiger partial charge on any atom is 0.0456 e. The molecule has 2 heteroatoms. The van der Waals surface area contributed by atoms with Crippen LogP contribution in [0.4, 0.5) is 0 Å². The number of unbranched alkanes of at least 4 members (excludes halogenated alkanes) is 12. The van der Waals surface area contributed by atoms with E-state index < -0.39 is 0 Å². The zero-order chi connectivity index (χ0) is 21.1. The van der Waals surface area contributed by atoms with Crippen molar-refractivity contribution in [2.24, 2.45) is 0 Å². The van der Waals surface area contributed by atoms with E-state index in [1.54, 1.807) is 0 Å². The topological polar surface area (TPSA) is 27.8 Å². The number of allylic oxidation sites excluding steroid dienone is 2. The van der Waals surface area contributed by atoms with Crippen LogP contribution in [0.1, 0.15) is 102 Å². The number of aromatic amines is 1. The fourth-order valence-corrected chi connectivity index (χ4v) is 4.18. The molecule has 2 rings (SSSR count). The average Bonchev–Trinajstić information content (AvgIpc) is 3.18. The normalized spacial score (nSPS) is 11.8. The maximum absolute atomic E-state index is 3.61. The van der Waals surface area contributed by atoms with Crippen molar-refractivity contribution in [3.63, 3.8) is 0 Å². The zero-order valence-corrected chi connectivity index (χ0v) is 19.6. The molecule has 2 N–H and O–H groups in total. The number of nitrogens with one attached hydrogen (secondary N) is 2. The minimum absolute atomic E-state index is 1.08. The van der Waals surface area contributed by atoms with E-state index in [0.717, 1.165) is 19.5 Å². The van der Waals surface area contributed by atoms with Crippen molar-refractivity contribution in [3.05, 3.63) is 48.2 Å². The molecule has 30 heavy (non-hydrogen) atoms. The largest absolute Gasteiger partial charge is 0.361 e. The highest BCUT2D eigenvalue weighted by atomic mass is 14.8. The van der Waals surface area contributed by atoms with Gasteiger partial charge in [-0.15, -0.1) is 0 Å². The first-order chi connectivity index (χ1) is 14.9.